The lowest BCUT2D eigenvalue weighted by atomic mass is 10.0. The molecule has 6 aromatic carbocycles. The van der Waals surface area contributed by atoms with E-state index in [-0.39, 0.29) is 23.6 Å². The van der Waals surface area contributed by atoms with Crippen LogP contribution < -0.4 is 10.6 Å². The van der Waals surface area contributed by atoms with Gasteiger partial charge < -0.3 is 35.0 Å². The second kappa shape index (κ2) is 31.2. The molecule has 0 unspecified atom stereocenters. The number of aromatic nitrogens is 7. The number of nitrogens with one attached hydrogen (secondary N) is 2. The molecule has 10 heterocycles. The summed E-state index contributed by atoms with van der Waals surface area (Å²) in [7, 11) is 2.19. The highest BCUT2D eigenvalue weighted by Gasteiger charge is 2.30. The number of likely N-dealkylation sites (tertiary alicyclic amines) is 1. The number of hydrogen-bond acceptors (Lipinski definition) is 15. The van der Waals surface area contributed by atoms with Crippen molar-refractivity contribution < 1.29 is 23.9 Å². The fourth-order valence-electron chi connectivity index (χ4n) is 13.7. The number of morpholine rings is 1. The van der Waals surface area contributed by atoms with Crippen LogP contribution in [0, 0.1) is 34.0 Å². The highest BCUT2D eigenvalue weighted by atomic mass is 16.5. The van der Waals surface area contributed by atoms with Crippen LogP contribution in [0.3, 0.4) is 0 Å². The van der Waals surface area contributed by atoms with Gasteiger partial charge in [-0.05, 0) is 151 Å². The van der Waals surface area contributed by atoms with E-state index < -0.39 is 0 Å². The lowest BCUT2D eigenvalue weighted by Gasteiger charge is -2.42. The molecule has 0 spiro atoms. The van der Waals surface area contributed by atoms with Crippen molar-refractivity contribution in [1.29, 1.82) is 15.8 Å². The van der Waals surface area contributed by atoms with Crippen LogP contribution in [0.25, 0.3) is 84.2 Å². The number of carbonyl (C=O) groups is 4. The van der Waals surface area contributed by atoms with Gasteiger partial charge in [-0.1, -0.05) is 66.7 Å². The van der Waals surface area contributed by atoms with Crippen LogP contribution in [-0.4, -0.2) is 186 Å². The Morgan fingerprint density at radius 1 is 0.462 bits per heavy atom. The number of likely N-dealkylation sites (N-methyl/N-ethyl adjacent to an activating group) is 1. The van der Waals surface area contributed by atoms with Gasteiger partial charge in [0.25, 0.3) is 17.7 Å². The minimum absolute atomic E-state index is 0.0640. The molecule has 0 aliphatic carbocycles. The monoisotopic (exact) mass is 1380 g/mol. The third-order valence-electron chi connectivity index (χ3n) is 19.6. The Morgan fingerprint density at radius 3 is 1.43 bits per heavy atom. The number of piperazine rings is 2. The zero-order valence-electron chi connectivity index (χ0n) is 57.8. The first-order valence-corrected chi connectivity index (χ1v) is 34.9. The molecular weight excluding hydrogens is 1300 g/mol. The Kier molecular flexibility index (Phi) is 20.6. The van der Waals surface area contributed by atoms with Gasteiger partial charge >= 0.3 is 0 Å². The van der Waals surface area contributed by atoms with Crippen molar-refractivity contribution in [3.63, 3.8) is 0 Å². The zero-order valence-corrected chi connectivity index (χ0v) is 57.8. The summed E-state index contributed by atoms with van der Waals surface area (Å²) < 4.78 is 11.2. The molecule has 4 amide bonds. The highest BCUT2D eigenvalue weighted by molar-refractivity contribution is 6.04. The van der Waals surface area contributed by atoms with Gasteiger partial charge in [0.05, 0.1) is 101 Å². The maximum atomic E-state index is 13.2. The Morgan fingerprint density at radius 2 is 0.904 bits per heavy atom. The minimum atomic E-state index is -0.244. The number of rotatable bonds is 11. The maximum Gasteiger partial charge on any atom is 0.256 e. The molecule has 16 rings (SSSR count). The highest BCUT2D eigenvalue weighted by Crippen LogP contribution is 2.32. The molecule has 22 heteroatoms. The van der Waals surface area contributed by atoms with Gasteiger partial charge in [0, 0.05) is 137 Å². The molecule has 6 aromatic heterocycles. The molecule has 0 radical (unpaired) electrons. The number of pyridine rings is 2. The van der Waals surface area contributed by atoms with E-state index in [1.165, 1.54) is 6.92 Å². The largest absolute Gasteiger partial charge is 0.378 e. The van der Waals surface area contributed by atoms with Crippen molar-refractivity contribution in [3.05, 3.63) is 240 Å². The van der Waals surface area contributed by atoms with E-state index in [2.05, 4.69) is 77.3 Å². The fourth-order valence-corrected chi connectivity index (χ4v) is 13.7. The molecule has 104 heavy (non-hydrogen) atoms. The summed E-state index contributed by atoms with van der Waals surface area (Å²) in [6.07, 6.45) is 11.6. The van der Waals surface area contributed by atoms with E-state index >= 15 is 0 Å². The number of imidazole rings is 3. The molecular formula is C82H75N17O5. The van der Waals surface area contributed by atoms with Gasteiger partial charge in [-0.3, -0.25) is 32.9 Å². The van der Waals surface area contributed by atoms with E-state index in [4.69, 9.17) is 25.6 Å². The molecule has 22 nitrogen and oxygen atoms in total. The smallest absolute Gasteiger partial charge is 0.256 e. The number of amides is 4. The Hall–Kier alpha value is -12.5. The van der Waals surface area contributed by atoms with Crippen LogP contribution >= 0.6 is 0 Å². The number of carbonyl (C=O) groups excluding carboxylic acids is 4. The van der Waals surface area contributed by atoms with Gasteiger partial charge in [-0.25, -0.2) is 19.5 Å². The third kappa shape index (κ3) is 15.2. The SMILES string of the molecule is CC(=O)Nc1cc(-c2ccc3ncc(-c4ccc(C#N)cc4)n3c2)ccc1C(=O)N1CCOCC1.CN1CCN(C2CCN(C(=O)c3ccc(-c4ccc5ncc(-c6ccc(C#N)cc6)n5c4)cc3)CC2)CC1.N#Cc1ccc(-c2cnc3ccc(-c4ccc(C(=O)N5CCNCC5)cc4)nn23)cc1. The van der Waals surface area contributed by atoms with Crippen LogP contribution in [0.4, 0.5) is 5.69 Å². The first kappa shape index (κ1) is 68.6. The Labute approximate surface area is 601 Å². The number of anilines is 1. The summed E-state index contributed by atoms with van der Waals surface area (Å²) in [6.45, 7) is 12.8. The fraction of sp³-hybridized carbons (Fsp3) is 0.232. The number of nitriles is 3. The minimum Gasteiger partial charge on any atom is -0.378 e. The zero-order chi connectivity index (χ0) is 71.6. The summed E-state index contributed by atoms with van der Waals surface area (Å²) in [4.78, 5) is 75.1. The number of nitrogens with zero attached hydrogens (tertiary/aromatic N) is 15. The average Bonchev–Trinajstić information content (AvgIpc) is 1.54. The van der Waals surface area contributed by atoms with Gasteiger partial charge in [0.1, 0.15) is 11.3 Å². The number of hydrogen-bond donors (Lipinski definition) is 2. The van der Waals surface area contributed by atoms with E-state index in [0.29, 0.717) is 65.8 Å². The van der Waals surface area contributed by atoms with Crippen molar-refractivity contribution in [3.8, 4) is 85.5 Å². The van der Waals surface area contributed by atoms with Gasteiger partial charge in [-0.15, -0.1) is 0 Å². The number of piperidine rings is 1. The number of benzene rings is 6. The predicted octanol–water partition coefficient (Wildman–Crippen LogP) is 11.3. The van der Waals surface area contributed by atoms with E-state index in [0.717, 1.165) is 168 Å². The van der Waals surface area contributed by atoms with Crippen LogP contribution in [0.15, 0.2) is 207 Å². The van der Waals surface area contributed by atoms with Crippen LogP contribution in [0.5, 0.6) is 0 Å². The quantitative estimate of drug-likeness (QED) is 0.122. The molecule has 4 aliphatic rings. The van der Waals surface area contributed by atoms with Crippen molar-refractivity contribution in [2.75, 3.05) is 104 Å². The molecule has 2 N–H and O–H groups in total. The third-order valence-corrected chi connectivity index (χ3v) is 19.6. The maximum absolute atomic E-state index is 13.2. The normalized spacial score (nSPS) is 15.0. The summed E-state index contributed by atoms with van der Waals surface area (Å²) in [6, 6.07) is 62.1. The first-order chi connectivity index (χ1) is 50.8. The first-order valence-electron chi connectivity index (χ1n) is 34.9. The molecule has 4 aliphatic heterocycles. The topological polar surface area (TPSA) is 254 Å². The number of ether oxygens (including phenoxy) is 1. The summed E-state index contributed by atoms with van der Waals surface area (Å²) >= 11 is 0. The van der Waals surface area contributed by atoms with Crippen molar-refractivity contribution in [1.82, 2.24) is 63.2 Å². The molecule has 4 fully saturated rings. The van der Waals surface area contributed by atoms with Crippen molar-refractivity contribution in [2.45, 2.75) is 25.8 Å². The molecule has 0 saturated carbocycles. The molecule has 0 atom stereocenters. The summed E-state index contributed by atoms with van der Waals surface area (Å²) in [5.41, 5.74) is 17.8. The molecule has 4 saturated heterocycles. The summed E-state index contributed by atoms with van der Waals surface area (Å²) in [5.74, 6) is -0.182. The number of fused-ring (bicyclic) bond motifs is 3. The van der Waals surface area contributed by atoms with Crippen molar-refractivity contribution in [2.24, 2.45) is 0 Å². The average molecular weight is 1380 g/mol. The van der Waals surface area contributed by atoms with E-state index in [9.17, 15) is 19.2 Å². The van der Waals surface area contributed by atoms with Crippen LogP contribution in [0.1, 0.15) is 67.5 Å². The Balaban J connectivity index is 0.000000132. The van der Waals surface area contributed by atoms with E-state index in [1.807, 2.05) is 166 Å². The second-order valence-corrected chi connectivity index (χ2v) is 26.2. The van der Waals surface area contributed by atoms with Crippen LogP contribution in [0.2, 0.25) is 0 Å². The van der Waals surface area contributed by atoms with Crippen LogP contribution in [-0.2, 0) is 9.53 Å². The standard InChI is InChI=1S/C31H32N6O.C27H23N5O3.C24H20N6O/c1-34-16-18-35(19-17-34)28-12-14-36(15-13-28)31(38)26-8-6-24(7-9-26)27-10-11-30-33-21-29(37(30)22-27)25-4-2-23(20-32)3-5-25;1-18(33)30-24-14-21(6-8-23(24)27(34)31-10-12-35-13-11-31)22-7-9-26-29-16-25(32(26)17-22)20-4-2-19(15-28)3-5-20;25-15-17-1-3-19(4-2-17)22-16-27-23-10-9-21(28-30(22)23)18-5-7-20(8-6-18)24(31)29-13-11-26-12-14-29/h2-11,21-22,28H,12-19H2,1H3;2-9,14,16-17H,10-13H2,1H3,(H,30,33);1-10,16,26H,11-14H2. The van der Waals surface area contributed by atoms with Gasteiger partial charge in [0.15, 0.2) is 5.65 Å². The van der Waals surface area contributed by atoms with Gasteiger partial charge in [-0.2, -0.15) is 20.9 Å². The molecule has 12 aromatic rings. The second-order valence-electron chi connectivity index (χ2n) is 26.2. The predicted molar refractivity (Wildman–Crippen MR) is 398 cm³/mol. The van der Waals surface area contributed by atoms with E-state index in [1.54, 1.807) is 52.1 Å². The molecule has 0 bridgehead atoms. The Bertz CT molecular complexity index is 5250. The summed E-state index contributed by atoms with van der Waals surface area (Å²) in [5, 5.41) is 38.0. The lowest BCUT2D eigenvalue weighted by Crippen LogP contribution is -2.52. The van der Waals surface area contributed by atoms with Gasteiger partial charge in [0.2, 0.25) is 5.91 Å². The molecule has 518 valence electrons. The van der Waals surface area contributed by atoms with Crippen molar-refractivity contribution >= 4 is 46.3 Å². The lowest BCUT2D eigenvalue weighted by molar-refractivity contribution is -0.114.